The number of nitrogens with two attached hydrogens (primary N) is 1. The summed E-state index contributed by atoms with van der Waals surface area (Å²) in [5.41, 5.74) is 9.91. The number of nitrogens with zero attached hydrogens (tertiary/aromatic N) is 4. The minimum absolute atomic E-state index is 0.457. The van der Waals surface area contributed by atoms with Gasteiger partial charge in [-0.3, -0.25) is 9.67 Å². The van der Waals surface area contributed by atoms with E-state index in [2.05, 4.69) is 55.5 Å². The van der Waals surface area contributed by atoms with Crippen molar-refractivity contribution < 1.29 is 0 Å². The van der Waals surface area contributed by atoms with E-state index in [-0.39, 0.29) is 0 Å². The molecule has 0 bridgehead atoms. The van der Waals surface area contributed by atoms with Crippen molar-refractivity contribution in [2.45, 2.75) is 18.9 Å². The van der Waals surface area contributed by atoms with Gasteiger partial charge in [-0.05, 0) is 43.5 Å². The maximum absolute atomic E-state index is 6.19. The highest BCUT2D eigenvalue weighted by Gasteiger charge is 2.17. The molecule has 0 spiro atoms. The molecule has 4 heterocycles. The molecule has 0 amide bonds. The Morgan fingerprint density at radius 3 is 2.61 bits per heavy atom. The molecule has 3 N–H and O–H groups in total. The second kappa shape index (κ2) is 7.05. The first-order valence-electron chi connectivity index (χ1n) is 9.64. The van der Waals surface area contributed by atoms with Gasteiger partial charge in [-0.15, -0.1) is 0 Å². The topological polar surface area (TPSA) is 81.6 Å². The summed E-state index contributed by atoms with van der Waals surface area (Å²) < 4.78 is 2.08. The quantitative estimate of drug-likeness (QED) is 0.575. The Bertz CT molecular complexity index is 1130. The van der Waals surface area contributed by atoms with Crippen molar-refractivity contribution in [2.75, 3.05) is 18.8 Å². The smallest absolute Gasteiger partial charge is 0.132 e. The summed E-state index contributed by atoms with van der Waals surface area (Å²) in [6.07, 6.45) is 9.92. The highest BCUT2D eigenvalue weighted by molar-refractivity contribution is 5.87. The summed E-state index contributed by atoms with van der Waals surface area (Å²) in [4.78, 5) is 9.03. The fourth-order valence-electron chi connectivity index (χ4n) is 3.83. The molecule has 3 aromatic heterocycles. The predicted molar refractivity (Wildman–Crippen MR) is 112 cm³/mol. The highest BCUT2D eigenvalue weighted by atomic mass is 15.3. The summed E-state index contributed by atoms with van der Waals surface area (Å²) in [7, 11) is 0. The van der Waals surface area contributed by atoms with Crippen molar-refractivity contribution in [1.82, 2.24) is 25.1 Å². The first kappa shape index (κ1) is 16.9. The molecule has 5 rings (SSSR count). The van der Waals surface area contributed by atoms with Crippen LogP contribution in [0.15, 0.2) is 61.2 Å². The van der Waals surface area contributed by atoms with Crippen molar-refractivity contribution in [3.8, 4) is 22.4 Å². The second-order valence-electron chi connectivity index (χ2n) is 7.26. The Hall–Kier alpha value is -3.25. The minimum Gasteiger partial charge on any atom is -0.383 e. The summed E-state index contributed by atoms with van der Waals surface area (Å²) in [6, 6.07) is 12.8. The van der Waals surface area contributed by atoms with E-state index < -0.39 is 0 Å². The molecular formula is C22H22N6. The molecule has 1 saturated heterocycles. The third-order valence-corrected chi connectivity index (χ3v) is 5.44. The molecule has 140 valence electrons. The van der Waals surface area contributed by atoms with Crippen LogP contribution in [0.1, 0.15) is 18.9 Å². The first-order valence-corrected chi connectivity index (χ1v) is 9.64. The average Bonchev–Trinajstić information content (AvgIpc) is 3.25. The van der Waals surface area contributed by atoms with Gasteiger partial charge in [0.2, 0.25) is 0 Å². The zero-order chi connectivity index (χ0) is 18.9. The van der Waals surface area contributed by atoms with E-state index in [1.165, 1.54) is 0 Å². The van der Waals surface area contributed by atoms with E-state index in [1.807, 2.05) is 30.7 Å². The lowest BCUT2D eigenvalue weighted by atomic mass is 10.0. The number of benzene rings is 1. The zero-order valence-corrected chi connectivity index (χ0v) is 15.5. The number of aromatic nitrogens is 4. The van der Waals surface area contributed by atoms with Gasteiger partial charge in [-0.1, -0.05) is 24.3 Å². The van der Waals surface area contributed by atoms with Crippen LogP contribution in [0.5, 0.6) is 0 Å². The van der Waals surface area contributed by atoms with Crippen LogP contribution < -0.4 is 11.1 Å². The van der Waals surface area contributed by atoms with E-state index in [4.69, 9.17) is 5.73 Å². The standard InChI is InChI=1S/C22H22N6/c23-22-20(21-10-15-3-1-2-4-16(15)11-25-21)9-17(12-26-22)18-13-27-28(14-18)19-5-7-24-8-6-19/h1-4,9-14,19,24H,5-8H2,(H2,23,26). The van der Waals surface area contributed by atoms with E-state index in [1.54, 1.807) is 0 Å². The summed E-state index contributed by atoms with van der Waals surface area (Å²) in [5, 5.41) is 10.2. The molecular weight excluding hydrogens is 348 g/mol. The number of hydrogen-bond acceptors (Lipinski definition) is 5. The Morgan fingerprint density at radius 2 is 1.75 bits per heavy atom. The molecule has 0 atom stereocenters. The van der Waals surface area contributed by atoms with Gasteiger partial charge in [0.15, 0.2) is 0 Å². The SMILES string of the molecule is Nc1ncc(-c2cnn(C3CCNCC3)c2)cc1-c1cc2ccccc2cn1. The highest BCUT2D eigenvalue weighted by Crippen LogP contribution is 2.30. The third-order valence-electron chi connectivity index (χ3n) is 5.44. The molecule has 0 radical (unpaired) electrons. The van der Waals surface area contributed by atoms with Gasteiger partial charge in [0.1, 0.15) is 5.82 Å². The number of nitrogens with one attached hydrogen (secondary N) is 1. The van der Waals surface area contributed by atoms with Crippen molar-refractivity contribution in [1.29, 1.82) is 0 Å². The summed E-state index contributed by atoms with van der Waals surface area (Å²) in [6.45, 7) is 2.09. The maximum Gasteiger partial charge on any atom is 0.132 e. The second-order valence-corrected chi connectivity index (χ2v) is 7.26. The van der Waals surface area contributed by atoms with Crippen LogP contribution in [0, 0.1) is 0 Å². The summed E-state index contributed by atoms with van der Waals surface area (Å²) >= 11 is 0. The number of pyridine rings is 2. The van der Waals surface area contributed by atoms with Crippen LogP contribution in [0.25, 0.3) is 33.2 Å². The molecule has 0 saturated carbocycles. The molecule has 1 aliphatic heterocycles. The average molecular weight is 370 g/mol. The third kappa shape index (κ3) is 3.12. The molecule has 1 aromatic carbocycles. The molecule has 1 aliphatic rings. The molecule has 6 nitrogen and oxygen atoms in total. The lowest BCUT2D eigenvalue weighted by molar-refractivity contribution is 0.343. The Kier molecular flexibility index (Phi) is 4.25. The number of hydrogen-bond donors (Lipinski definition) is 2. The Balaban J connectivity index is 1.51. The fourth-order valence-corrected chi connectivity index (χ4v) is 3.83. The lowest BCUT2D eigenvalue weighted by Gasteiger charge is -2.22. The van der Waals surface area contributed by atoms with Gasteiger partial charge >= 0.3 is 0 Å². The summed E-state index contributed by atoms with van der Waals surface area (Å²) in [5.74, 6) is 0.484. The van der Waals surface area contributed by atoms with Crippen molar-refractivity contribution >= 4 is 16.6 Å². The fraction of sp³-hybridized carbons (Fsp3) is 0.227. The van der Waals surface area contributed by atoms with E-state index >= 15 is 0 Å². The van der Waals surface area contributed by atoms with Crippen LogP contribution in [-0.2, 0) is 0 Å². The zero-order valence-electron chi connectivity index (χ0n) is 15.5. The van der Waals surface area contributed by atoms with Crippen LogP contribution in [0.2, 0.25) is 0 Å². The monoisotopic (exact) mass is 370 g/mol. The van der Waals surface area contributed by atoms with Gasteiger partial charge in [-0.25, -0.2) is 4.98 Å². The van der Waals surface area contributed by atoms with Crippen LogP contribution in [0.3, 0.4) is 0 Å². The number of nitrogen functional groups attached to an aromatic ring is 1. The molecule has 0 aliphatic carbocycles. The van der Waals surface area contributed by atoms with Gasteiger partial charge in [-0.2, -0.15) is 5.10 Å². The van der Waals surface area contributed by atoms with Crippen molar-refractivity contribution in [3.05, 3.63) is 61.2 Å². The van der Waals surface area contributed by atoms with E-state index in [9.17, 15) is 0 Å². The van der Waals surface area contributed by atoms with Crippen LogP contribution in [-0.4, -0.2) is 32.8 Å². The van der Waals surface area contributed by atoms with Crippen molar-refractivity contribution in [2.24, 2.45) is 0 Å². The predicted octanol–water partition coefficient (Wildman–Crippen LogP) is 3.67. The normalized spacial score (nSPS) is 15.1. The van der Waals surface area contributed by atoms with Crippen molar-refractivity contribution in [3.63, 3.8) is 0 Å². The molecule has 1 fully saturated rings. The number of rotatable bonds is 3. The van der Waals surface area contributed by atoms with Crippen LogP contribution in [0.4, 0.5) is 5.82 Å². The molecule has 4 aromatic rings. The maximum atomic E-state index is 6.19. The number of fused-ring (bicyclic) bond motifs is 1. The molecule has 0 unspecified atom stereocenters. The van der Waals surface area contributed by atoms with Crippen LogP contribution >= 0.6 is 0 Å². The molecule has 6 heteroatoms. The van der Waals surface area contributed by atoms with E-state index in [0.29, 0.717) is 11.9 Å². The van der Waals surface area contributed by atoms with Gasteiger partial charge in [0.05, 0.1) is 17.9 Å². The van der Waals surface area contributed by atoms with Gasteiger partial charge in [0.25, 0.3) is 0 Å². The lowest BCUT2D eigenvalue weighted by Crippen LogP contribution is -2.29. The van der Waals surface area contributed by atoms with Gasteiger partial charge in [0, 0.05) is 40.7 Å². The van der Waals surface area contributed by atoms with E-state index in [0.717, 1.165) is 59.1 Å². The Morgan fingerprint density at radius 1 is 0.929 bits per heavy atom. The number of piperidine rings is 1. The largest absolute Gasteiger partial charge is 0.383 e. The van der Waals surface area contributed by atoms with Gasteiger partial charge < -0.3 is 11.1 Å². The first-order chi connectivity index (χ1) is 13.8. The molecule has 28 heavy (non-hydrogen) atoms. The number of anilines is 1. The minimum atomic E-state index is 0.457. The Labute approximate surface area is 163 Å².